The summed E-state index contributed by atoms with van der Waals surface area (Å²) in [5, 5.41) is 0. The summed E-state index contributed by atoms with van der Waals surface area (Å²) in [5.41, 5.74) is 1.65. The molecule has 56 valence electrons. The molecule has 12 heavy (non-hydrogen) atoms. The van der Waals surface area contributed by atoms with E-state index in [2.05, 4.69) is 11.8 Å². The molecule has 0 saturated heterocycles. The quantitative estimate of drug-likeness (QED) is 0.467. The molecule has 0 amide bonds. The van der Waals surface area contributed by atoms with Gasteiger partial charge in [0.1, 0.15) is 0 Å². The topological polar surface area (TPSA) is 0 Å². The minimum atomic E-state index is 0.826. The molecular weight excluding hydrogens is 144 g/mol. The van der Waals surface area contributed by atoms with Crippen LogP contribution in [0.2, 0.25) is 0 Å². The van der Waals surface area contributed by atoms with Gasteiger partial charge in [-0.15, -0.1) is 12.8 Å². The molecule has 1 aliphatic rings. The Morgan fingerprint density at radius 2 is 1.25 bits per heavy atom. The van der Waals surface area contributed by atoms with E-state index in [9.17, 15) is 0 Å². The molecule has 0 aliphatic heterocycles. The summed E-state index contributed by atoms with van der Waals surface area (Å²) in [4.78, 5) is 0. The fourth-order valence-electron chi connectivity index (χ4n) is 0.802. The van der Waals surface area contributed by atoms with E-state index in [0.717, 1.165) is 11.1 Å². The lowest BCUT2D eigenvalue weighted by atomic mass is 10.1. The highest BCUT2D eigenvalue weighted by molar-refractivity contribution is 5.47. The number of allylic oxidation sites excluding steroid dienone is 8. The third kappa shape index (κ3) is 2.04. The number of hydrogen-bond donors (Lipinski definition) is 0. The van der Waals surface area contributed by atoms with Crippen LogP contribution in [-0.4, -0.2) is 0 Å². The highest BCUT2D eigenvalue weighted by Gasteiger charge is 1.87. The van der Waals surface area contributed by atoms with Crippen LogP contribution in [0.1, 0.15) is 0 Å². The molecule has 0 aromatic rings. The minimum absolute atomic E-state index is 0.826. The first-order chi connectivity index (χ1) is 5.86. The lowest BCUT2D eigenvalue weighted by Crippen LogP contribution is -1.76. The van der Waals surface area contributed by atoms with Gasteiger partial charge >= 0.3 is 0 Å². The Labute approximate surface area is 73.0 Å². The highest BCUT2D eigenvalue weighted by atomic mass is 13.9. The minimum Gasteiger partial charge on any atom is -0.115 e. The molecule has 0 spiro atoms. The van der Waals surface area contributed by atoms with Gasteiger partial charge in [-0.25, -0.2) is 0 Å². The standard InChI is InChI=1S/C12H8/c1-3-11-7-5-6-8-12(4-2)10-9-11/h1-2,5-10H/b6-5?,7-5-,8-6-,10-9?,11-7?,11-9-,12-8?,12-10-. The molecule has 0 fully saturated rings. The van der Waals surface area contributed by atoms with Gasteiger partial charge in [-0.2, -0.15) is 0 Å². The van der Waals surface area contributed by atoms with Crippen LogP contribution in [-0.2, 0) is 0 Å². The van der Waals surface area contributed by atoms with E-state index in [1.165, 1.54) is 0 Å². The van der Waals surface area contributed by atoms with Gasteiger partial charge in [0.25, 0.3) is 0 Å². The molecule has 0 saturated carbocycles. The molecule has 0 unspecified atom stereocenters. The van der Waals surface area contributed by atoms with Crippen molar-refractivity contribution in [2.24, 2.45) is 0 Å². The summed E-state index contributed by atoms with van der Waals surface area (Å²) in [6, 6.07) is 0. The second-order valence-corrected chi connectivity index (χ2v) is 2.25. The van der Waals surface area contributed by atoms with Crippen molar-refractivity contribution in [1.82, 2.24) is 0 Å². The maximum absolute atomic E-state index is 5.24. The molecule has 1 rings (SSSR count). The second-order valence-electron chi connectivity index (χ2n) is 2.25. The van der Waals surface area contributed by atoms with Crippen molar-refractivity contribution in [2.75, 3.05) is 0 Å². The predicted molar refractivity (Wildman–Crippen MR) is 52.1 cm³/mol. The van der Waals surface area contributed by atoms with Gasteiger partial charge in [-0.3, -0.25) is 0 Å². The Hall–Kier alpha value is -1.92. The number of terminal acetylenes is 2. The Kier molecular flexibility index (Phi) is 2.77. The molecule has 0 heterocycles. The van der Waals surface area contributed by atoms with Crippen molar-refractivity contribution in [3.05, 3.63) is 47.6 Å². The van der Waals surface area contributed by atoms with E-state index in [1.807, 2.05) is 36.5 Å². The molecular formula is C12H8. The average Bonchev–Trinajstić information content (AvgIpc) is 2.05. The van der Waals surface area contributed by atoms with Crippen molar-refractivity contribution in [3.63, 3.8) is 0 Å². The van der Waals surface area contributed by atoms with Gasteiger partial charge in [0.15, 0.2) is 0 Å². The summed E-state index contributed by atoms with van der Waals surface area (Å²) < 4.78 is 0. The van der Waals surface area contributed by atoms with Crippen LogP contribution in [0.15, 0.2) is 47.6 Å². The van der Waals surface area contributed by atoms with Crippen molar-refractivity contribution < 1.29 is 0 Å². The molecule has 0 atom stereocenters. The summed E-state index contributed by atoms with van der Waals surface area (Å²) in [5.74, 6) is 5.09. The first kappa shape index (κ1) is 8.18. The molecule has 0 bridgehead atoms. The summed E-state index contributed by atoms with van der Waals surface area (Å²) in [6.07, 6.45) is 21.6. The van der Waals surface area contributed by atoms with Crippen molar-refractivity contribution in [1.29, 1.82) is 0 Å². The van der Waals surface area contributed by atoms with Gasteiger partial charge in [0.2, 0.25) is 0 Å². The van der Waals surface area contributed by atoms with E-state index in [0.29, 0.717) is 0 Å². The molecule has 0 aromatic carbocycles. The fraction of sp³-hybridized carbons (Fsp3) is 0. The Balaban J connectivity index is 3.02. The van der Waals surface area contributed by atoms with E-state index in [-0.39, 0.29) is 0 Å². The maximum atomic E-state index is 5.24. The zero-order chi connectivity index (χ0) is 8.81. The van der Waals surface area contributed by atoms with E-state index < -0.39 is 0 Å². The van der Waals surface area contributed by atoms with E-state index in [1.54, 1.807) is 0 Å². The Morgan fingerprint density at radius 1 is 0.833 bits per heavy atom. The van der Waals surface area contributed by atoms with Gasteiger partial charge in [-0.1, -0.05) is 24.0 Å². The summed E-state index contributed by atoms with van der Waals surface area (Å²) >= 11 is 0. The lowest BCUT2D eigenvalue weighted by molar-refractivity contribution is 1.66. The highest BCUT2D eigenvalue weighted by Crippen LogP contribution is 2.04. The third-order valence-corrected chi connectivity index (χ3v) is 1.44. The monoisotopic (exact) mass is 152 g/mol. The normalized spacial score (nSPS) is 28.8. The Morgan fingerprint density at radius 3 is 1.58 bits per heavy atom. The zero-order valence-corrected chi connectivity index (χ0v) is 6.62. The molecule has 0 heteroatoms. The van der Waals surface area contributed by atoms with Crippen molar-refractivity contribution in [3.8, 4) is 24.7 Å². The molecule has 0 aromatic heterocycles. The lowest BCUT2D eigenvalue weighted by Gasteiger charge is -1.92. The molecule has 0 radical (unpaired) electrons. The zero-order valence-electron chi connectivity index (χ0n) is 6.62. The largest absolute Gasteiger partial charge is 0.115 e. The van der Waals surface area contributed by atoms with Crippen LogP contribution in [0.4, 0.5) is 0 Å². The first-order valence-electron chi connectivity index (χ1n) is 3.57. The third-order valence-electron chi connectivity index (χ3n) is 1.44. The number of rotatable bonds is 0. The summed E-state index contributed by atoms with van der Waals surface area (Å²) in [7, 11) is 0. The predicted octanol–water partition coefficient (Wildman–Crippen LogP) is 2.23. The van der Waals surface area contributed by atoms with Crippen LogP contribution in [0.3, 0.4) is 0 Å². The number of hydrogen-bond acceptors (Lipinski definition) is 0. The van der Waals surface area contributed by atoms with E-state index >= 15 is 0 Å². The van der Waals surface area contributed by atoms with Crippen LogP contribution in [0.5, 0.6) is 0 Å². The van der Waals surface area contributed by atoms with Crippen LogP contribution in [0.25, 0.3) is 0 Å². The Bertz CT molecular complexity index is 322. The molecule has 1 aliphatic carbocycles. The van der Waals surface area contributed by atoms with Crippen LogP contribution < -0.4 is 0 Å². The van der Waals surface area contributed by atoms with Crippen LogP contribution >= 0.6 is 0 Å². The van der Waals surface area contributed by atoms with E-state index in [4.69, 9.17) is 12.8 Å². The first-order valence-corrected chi connectivity index (χ1v) is 3.57. The molecule has 0 nitrogen and oxygen atoms in total. The summed E-state index contributed by atoms with van der Waals surface area (Å²) in [6.45, 7) is 0. The SMILES string of the molecule is C#CC1=C/C=C(C#C)\C=C/C=C\1. The van der Waals surface area contributed by atoms with Gasteiger partial charge in [-0.05, 0) is 24.3 Å². The maximum Gasteiger partial charge on any atom is 0.0243 e. The van der Waals surface area contributed by atoms with Crippen molar-refractivity contribution in [2.45, 2.75) is 0 Å². The smallest absolute Gasteiger partial charge is 0.0243 e. The van der Waals surface area contributed by atoms with Crippen LogP contribution in [0, 0.1) is 24.7 Å². The second kappa shape index (κ2) is 4.06. The average molecular weight is 152 g/mol. The van der Waals surface area contributed by atoms with Gasteiger partial charge in [0, 0.05) is 11.1 Å². The fourth-order valence-corrected chi connectivity index (χ4v) is 0.802. The van der Waals surface area contributed by atoms with Gasteiger partial charge < -0.3 is 0 Å². The van der Waals surface area contributed by atoms with Crippen molar-refractivity contribution >= 4 is 0 Å². The van der Waals surface area contributed by atoms with Gasteiger partial charge in [0.05, 0.1) is 0 Å². The molecule has 0 N–H and O–H groups in total.